The van der Waals surface area contributed by atoms with Crippen molar-refractivity contribution >= 4 is 10.9 Å². The Hall–Kier alpha value is -2.87. The standard InChI is InChI=1S/C17H9F3N2/c18-17(19,20)14-6-7-15-12(9-14)8-13(10-21)16(22-15)11-4-2-1-3-5-11/h1-9H. The monoisotopic (exact) mass is 298 g/mol. The highest BCUT2D eigenvalue weighted by atomic mass is 19.4. The van der Waals surface area contributed by atoms with E-state index in [2.05, 4.69) is 4.98 Å². The molecule has 0 atom stereocenters. The molecular formula is C17H9F3N2. The van der Waals surface area contributed by atoms with E-state index in [4.69, 9.17) is 0 Å². The van der Waals surface area contributed by atoms with Crippen molar-refractivity contribution in [3.05, 3.63) is 65.7 Å². The quantitative estimate of drug-likeness (QED) is 0.647. The molecule has 5 heteroatoms. The predicted molar refractivity (Wildman–Crippen MR) is 76.9 cm³/mol. The number of halogens is 3. The number of hydrogen-bond donors (Lipinski definition) is 0. The lowest BCUT2D eigenvalue weighted by molar-refractivity contribution is -0.137. The molecule has 3 rings (SSSR count). The van der Waals surface area contributed by atoms with E-state index in [0.717, 1.165) is 17.7 Å². The summed E-state index contributed by atoms with van der Waals surface area (Å²) in [6, 6.07) is 15.9. The van der Waals surface area contributed by atoms with Gasteiger partial charge < -0.3 is 0 Å². The zero-order valence-electron chi connectivity index (χ0n) is 11.2. The summed E-state index contributed by atoms with van der Waals surface area (Å²) < 4.78 is 38.3. The summed E-state index contributed by atoms with van der Waals surface area (Å²) in [4.78, 5) is 4.35. The first-order valence-corrected chi connectivity index (χ1v) is 6.46. The van der Waals surface area contributed by atoms with E-state index in [1.807, 2.05) is 24.3 Å². The third kappa shape index (κ3) is 2.51. The number of benzene rings is 2. The van der Waals surface area contributed by atoms with Crippen LogP contribution in [-0.2, 0) is 6.18 Å². The second kappa shape index (κ2) is 5.15. The summed E-state index contributed by atoms with van der Waals surface area (Å²) in [7, 11) is 0. The molecule has 1 aromatic heterocycles. The van der Waals surface area contributed by atoms with Gasteiger partial charge in [0, 0.05) is 10.9 Å². The molecule has 108 valence electrons. The second-order valence-electron chi connectivity index (χ2n) is 4.77. The molecule has 0 unspecified atom stereocenters. The molecule has 0 radical (unpaired) electrons. The minimum Gasteiger partial charge on any atom is -0.246 e. The minimum absolute atomic E-state index is 0.248. The van der Waals surface area contributed by atoms with Crippen LogP contribution in [0.5, 0.6) is 0 Å². The van der Waals surface area contributed by atoms with Crippen LogP contribution in [0.4, 0.5) is 13.2 Å². The number of nitrogens with zero attached hydrogens (tertiary/aromatic N) is 2. The van der Waals surface area contributed by atoms with E-state index in [1.54, 1.807) is 12.1 Å². The Morgan fingerprint density at radius 1 is 0.955 bits per heavy atom. The Labute approximate surface area is 124 Å². The van der Waals surface area contributed by atoms with E-state index in [1.165, 1.54) is 12.1 Å². The third-order valence-corrected chi connectivity index (χ3v) is 3.31. The van der Waals surface area contributed by atoms with Crippen LogP contribution in [0, 0.1) is 11.3 Å². The lowest BCUT2D eigenvalue weighted by atomic mass is 10.0. The average Bonchev–Trinajstić information content (AvgIpc) is 2.53. The van der Waals surface area contributed by atoms with Crippen molar-refractivity contribution in [2.45, 2.75) is 6.18 Å². The molecule has 0 aliphatic heterocycles. The lowest BCUT2D eigenvalue weighted by Crippen LogP contribution is -2.04. The van der Waals surface area contributed by atoms with Gasteiger partial charge in [0.1, 0.15) is 6.07 Å². The first-order chi connectivity index (χ1) is 10.5. The highest BCUT2D eigenvalue weighted by Crippen LogP contribution is 2.32. The van der Waals surface area contributed by atoms with Gasteiger partial charge in [0.25, 0.3) is 0 Å². The zero-order valence-corrected chi connectivity index (χ0v) is 11.2. The Morgan fingerprint density at radius 3 is 2.32 bits per heavy atom. The first kappa shape index (κ1) is 14.1. The SMILES string of the molecule is N#Cc1cc2cc(C(F)(F)F)ccc2nc1-c1ccccc1. The molecule has 2 aromatic carbocycles. The topological polar surface area (TPSA) is 36.7 Å². The van der Waals surface area contributed by atoms with Gasteiger partial charge in [0.2, 0.25) is 0 Å². The van der Waals surface area contributed by atoms with Gasteiger partial charge in [-0.1, -0.05) is 30.3 Å². The summed E-state index contributed by atoms with van der Waals surface area (Å²) in [5.41, 5.74) is 1.14. The van der Waals surface area contributed by atoms with Crippen LogP contribution in [-0.4, -0.2) is 4.98 Å². The van der Waals surface area contributed by atoms with Gasteiger partial charge in [-0.15, -0.1) is 0 Å². The van der Waals surface area contributed by atoms with Crippen LogP contribution >= 0.6 is 0 Å². The van der Waals surface area contributed by atoms with Crippen molar-refractivity contribution in [3.63, 3.8) is 0 Å². The molecule has 22 heavy (non-hydrogen) atoms. The average molecular weight is 298 g/mol. The van der Waals surface area contributed by atoms with Gasteiger partial charge in [-0.3, -0.25) is 0 Å². The van der Waals surface area contributed by atoms with Crippen LogP contribution in [0.25, 0.3) is 22.2 Å². The minimum atomic E-state index is -4.42. The molecule has 0 spiro atoms. The van der Waals surface area contributed by atoms with Gasteiger partial charge in [0.05, 0.1) is 22.3 Å². The Bertz CT molecular complexity index is 878. The number of pyridine rings is 1. The Balaban J connectivity index is 2.24. The van der Waals surface area contributed by atoms with Gasteiger partial charge in [-0.2, -0.15) is 18.4 Å². The van der Waals surface area contributed by atoms with Crippen LogP contribution in [0.2, 0.25) is 0 Å². The van der Waals surface area contributed by atoms with E-state index in [-0.39, 0.29) is 5.56 Å². The number of alkyl halides is 3. The highest BCUT2D eigenvalue weighted by molar-refractivity contribution is 5.85. The molecule has 0 amide bonds. The molecule has 2 nitrogen and oxygen atoms in total. The van der Waals surface area contributed by atoms with Crippen LogP contribution in [0.1, 0.15) is 11.1 Å². The molecule has 0 fully saturated rings. The van der Waals surface area contributed by atoms with Crippen LogP contribution in [0.15, 0.2) is 54.6 Å². The number of fused-ring (bicyclic) bond motifs is 1. The fourth-order valence-corrected chi connectivity index (χ4v) is 2.25. The first-order valence-electron chi connectivity index (χ1n) is 6.46. The molecule has 0 saturated carbocycles. The molecule has 1 heterocycles. The number of hydrogen-bond acceptors (Lipinski definition) is 2. The number of nitriles is 1. The maximum Gasteiger partial charge on any atom is 0.416 e. The molecule has 0 aliphatic rings. The number of rotatable bonds is 1. The normalized spacial score (nSPS) is 11.4. The van der Waals surface area contributed by atoms with Crippen molar-refractivity contribution in [2.24, 2.45) is 0 Å². The van der Waals surface area contributed by atoms with Crippen LogP contribution in [0.3, 0.4) is 0 Å². The summed E-state index contributed by atoms with van der Waals surface area (Å²) in [6.07, 6.45) is -4.42. The number of aromatic nitrogens is 1. The van der Waals surface area contributed by atoms with Crippen molar-refractivity contribution in [3.8, 4) is 17.3 Å². The fourth-order valence-electron chi connectivity index (χ4n) is 2.25. The molecule has 0 N–H and O–H groups in total. The second-order valence-corrected chi connectivity index (χ2v) is 4.77. The van der Waals surface area contributed by atoms with Gasteiger partial charge >= 0.3 is 6.18 Å². The zero-order chi connectivity index (χ0) is 15.7. The summed E-state index contributed by atoms with van der Waals surface area (Å²) in [5, 5.41) is 9.55. The third-order valence-electron chi connectivity index (χ3n) is 3.31. The van der Waals surface area contributed by atoms with Gasteiger partial charge in [-0.05, 0) is 24.3 Å². The van der Waals surface area contributed by atoms with E-state index >= 15 is 0 Å². The van der Waals surface area contributed by atoms with Crippen molar-refractivity contribution < 1.29 is 13.2 Å². The maximum absolute atomic E-state index is 12.8. The van der Waals surface area contributed by atoms with Gasteiger partial charge in [0.15, 0.2) is 0 Å². The molecule has 0 saturated heterocycles. The maximum atomic E-state index is 12.8. The molecule has 3 aromatic rings. The molecule has 0 aliphatic carbocycles. The Kier molecular flexibility index (Phi) is 3.30. The fraction of sp³-hybridized carbons (Fsp3) is 0.0588. The Morgan fingerprint density at radius 2 is 1.68 bits per heavy atom. The summed E-state index contributed by atoms with van der Waals surface area (Å²) >= 11 is 0. The summed E-state index contributed by atoms with van der Waals surface area (Å²) in [6.45, 7) is 0. The smallest absolute Gasteiger partial charge is 0.246 e. The van der Waals surface area contributed by atoms with E-state index < -0.39 is 11.7 Å². The molecule has 0 bridgehead atoms. The van der Waals surface area contributed by atoms with E-state index in [0.29, 0.717) is 16.6 Å². The van der Waals surface area contributed by atoms with Gasteiger partial charge in [-0.25, -0.2) is 4.98 Å². The lowest BCUT2D eigenvalue weighted by Gasteiger charge is -2.09. The van der Waals surface area contributed by atoms with Crippen molar-refractivity contribution in [1.82, 2.24) is 4.98 Å². The van der Waals surface area contributed by atoms with Crippen molar-refractivity contribution in [2.75, 3.05) is 0 Å². The van der Waals surface area contributed by atoms with Crippen molar-refractivity contribution in [1.29, 1.82) is 5.26 Å². The molecular weight excluding hydrogens is 289 g/mol. The highest BCUT2D eigenvalue weighted by Gasteiger charge is 2.30. The summed E-state index contributed by atoms with van der Waals surface area (Å²) in [5.74, 6) is 0. The van der Waals surface area contributed by atoms with Crippen LogP contribution < -0.4 is 0 Å². The van der Waals surface area contributed by atoms with E-state index in [9.17, 15) is 18.4 Å². The predicted octanol–water partition coefficient (Wildman–Crippen LogP) is 4.79. The largest absolute Gasteiger partial charge is 0.416 e.